The van der Waals surface area contributed by atoms with Gasteiger partial charge in [0.1, 0.15) is 0 Å². The number of hydrogen-bond donors (Lipinski definition) is 0. The van der Waals surface area contributed by atoms with Crippen LogP contribution < -0.4 is 0 Å². The Labute approximate surface area is 132 Å². The third kappa shape index (κ3) is 3.40. The maximum atomic E-state index is 12.4. The first kappa shape index (κ1) is 15.3. The van der Waals surface area contributed by atoms with Gasteiger partial charge in [0.2, 0.25) is 5.91 Å². The van der Waals surface area contributed by atoms with Gasteiger partial charge >= 0.3 is 0 Å². The van der Waals surface area contributed by atoms with E-state index in [1.54, 1.807) is 0 Å². The fourth-order valence-electron chi connectivity index (χ4n) is 3.87. The lowest BCUT2D eigenvalue weighted by Crippen LogP contribution is -2.29. The zero-order valence-corrected chi connectivity index (χ0v) is 13.4. The number of rotatable bonds is 4. The number of carbonyl (C=O) groups excluding carboxylic acids is 2. The minimum Gasteiger partial charge on any atom is -0.342 e. The summed E-state index contributed by atoms with van der Waals surface area (Å²) in [6, 6.07) is 7.60. The molecule has 0 aromatic heterocycles. The largest absolute Gasteiger partial charge is 0.342 e. The molecule has 1 aromatic rings. The van der Waals surface area contributed by atoms with Crippen LogP contribution >= 0.6 is 0 Å². The van der Waals surface area contributed by atoms with E-state index in [0.29, 0.717) is 30.2 Å². The average molecular weight is 299 g/mol. The third-order valence-electron chi connectivity index (χ3n) is 5.27. The molecule has 0 spiro atoms. The highest BCUT2D eigenvalue weighted by molar-refractivity contribution is 5.98. The van der Waals surface area contributed by atoms with E-state index in [1.807, 2.05) is 36.1 Å². The summed E-state index contributed by atoms with van der Waals surface area (Å²) in [5.74, 6) is 1.66. The summed E-state index contributed by atoms with van der Waals surface area (Å²) >= 11 is 0. The highest BCUT2D eigenvalue weighted by Crippen LogP contribution is 2.36. The number of ketones is 1. The Morgan fingerprint density at radius 1 is 1.00 bits per heavy atom. The normalized spacial score (nSPS) is 24.1. The van der Waals surface area contributed by atoms with Gasteiger partial charge in [-0.3, -0.25) is 9.59 Å². The molecule has 1 aromatic carbocycles. The van der Waals surface area contributed by atoms with Crippen molar-refractivity contribution in [3.05, 3.63) is 35.4 Å². The summed E-state index contributed by atoms with van der Waals surface area (Å²) in [5, 5.41) is 0. The van der Waals surface area contributed by atoms with Crippen molar-refractivity contribution >= 4 is 11.7 Å². The molecule has 1 aliphatic carbocycles. The second kappa shape index (κ2) is 6.64. The van der Waals surface area contributed by atoms with E-state index < -0.39 is 0 Å². The molecule has 1 heterocycles. The highest BCUT2D eigenvalue weighted by atomic mass is 16.2. The molecule has 1 amide bonds. The fourth-order valence-corrected chi connectivity index (χ4v) is 3.87. The molecule has 1 aliphatic heterocycles. The monoisotopic (exact) mass is 299 g/mol. The van der Waals surface area contributed by atoms with Crippen LogP contribution in [0, 0.1) is 18.8 Å². The quantitative estimate of drug-likeness (QED) is 0.797. The van der Waals surface area contributed by atoms with E-state index in [9.17, 15) is 9.59 Å². The summed E-state index contributed by atoms with van der Waals surface area (Å²) in [6.45, 7) is 3.84. The Morgan fingerprint density at radius 2 is 1.59 bits per heavy atom. The standard InChI is InChI=1S/C19H25NO2/c1-14-6-8-15(9-7-14)18(21)10-11-19(22)20-12-16-4-2-3-5-17(16)13-20/h6-9,16-17H,2-5,10-13H2,1H3. The van der Waals surface area contributed by atoms with Crippen LogP contribution in [0.2, 0.25) is 0 Å². The van der Waals surface area contributed by atoms with Crippen molar-refractivity contribution in [2.45, 2.75) is 45.4 Å². The minimum atomic E-state index is 0.0740. The average Bonchev–Trinajstić information content (AvgIpc) is 2.97. The molecular formula is C19H25NO2. The number of amides is 1. The molecule has 2 fully saturated rings. The van der Waals surface area contributed by atoms with Crippen molar-refractivity contribution < 1.29 is 9.59 Å². The Balaban J connectivity index is 1.50. The number of benzene rings is 1. The first-order valence-electron chi connectivity index (χ1n) is 8.51. The SMILES string of the molecule is Cc1ccc(C(=O)CCC(=O)N2CC3CCCCC3C2)cc1. The number of hydrogen-bond acceptors (Lipinski definition) is 2. The van der Waals surface area contributed by atoms with E-state index in [1.165, 1.54) is 25.7 Å². The molecule has 2 atom stereocenters. The second-order valence-electron chi connectivity index (χ2n) is 6.89. The molecule has 3 rings (SSSR count). The molecule has 1 saturated heterocycles. The number of carbonyl (C=O) groups is 2. The van der Waals surface area contributed by atoms with Gasteiger partial charge in [0.25, 0.3) is 0 Å². The fraction of sp³-hybridized carbons (Fsp3) is 0.579. The summed E-state index contributed by atoms with van der Waals surface area (Å²) in [6.07, 6.45) is 5.86. The van der Waals surface area contributed by atoms with Crippen LogP contribution in [0.25, 0.3) is 0 Å². The van der Waals surface area contributed by atoms with E-state index in [-0.39, 0.29) is 11.7 Å². The van der Waals surface area contributed by atoms with E-state index >= 15 is 0 Å². The van der Waals surface area contributed by atoms with Gasteiger partial charge in [0.05, 0.1) is 0 Å². The van der Waals surface area contributed by atoms with Crippen molar-refractivity contribution in [3.63, 3.8) is 0 Å². The predicted octanol–water partition coefficient (Wildman–Crippen LogP) is 3.61. The molecule has 0 radical (unpaired) electrons. The smallest absolute Gasteiger partial charge is 0.223 e. The molecule has 118 valence electrons. The number of aryl methyl sites for hydroxylation is 1. The lowest BCUT2D eigenvalue weighted by Gasteiger charge is -2.22. The minimum absolute atomic E-state index is 0.0740. The molecule has 2 aliphatic rings. The van der Waals surface area contributed by atoms with Crippen LogP contribution in [-0.2, 0) is 4.79 Å². The van der Waals surface area contributed by atoms with Crippen LogP contribution in [0.1, 0.15) is 54.4 Å². The van der Waals surface area contributed by atoms with Gasteiger partial charge in [0.15, 0.2) is 5.78 Å². The second-order valence-corrected chi connectivity index (χ2v) is 6.89. The van der Waals surface area contributed by atoms with Gasteiger partial charge in [-0.05, 0) is 31.6 Å². The van der Waals surface area contributed by atoms with Crippen LogP contribution in [0.3, 0.4) is 0 Å². The molecule has 3 nitrogen and oxygen atoms in total. The van der Waals surface area contributed by atoms with Gasteiger partial charge in [-0.1, -0.05) is 42.7 Å². The number of nitrogens with zero attached hydrogens (tertiary/aromatic N) is 1. The molecule has 0 bridgehead atoms. The lowest BCUT2D eigenvalue weighted by molar-refractivity contribution is -0.130. The van der Waals surface area contributed by atoms with Gasteiger partial charge in [0, 0.05) is 31.5 Å². The van der Waals surface area contributed by atoms with Crippen LogP contribution in [0.15, 0.2) is 24.3 Å². The van der Waals surface area contributed by atoms with Crippen LogP contribution in [-0.4, -0.2) is 29.7 Å². The summed E-state index contributed by atoms with van der Waals surface area (Å²) in [5.41, 5.74) is 1.86. The van der Waals surface area contributed by atoms with Crippen molar-refractivity contribution in [1.82, 2.24) is 4.90 Å². The Bertz CT molecular complexity index is 535. The third-order valence-corrected chi connectivity index (χ3v) is 5.27. The molecule has 1 saturated carbocycles. The van der Waals surface area contributed by atoms with E-state index in [4.69, 9.17) is 0 Å². The topological polar surface area (TPSA) is 37.4 Å². The van der Waals surface area contributed by atoms with Gasteiger partial charge in [-0.2, -0.15) is 0 Å². The molecule has 0 N–H and O–H groups in total. The summed E-state index contributed by atoms with van der Waals surface area (Å²) in [7, 11) is 0. The van der Waals surface area contributed by atoms with Crippen LogP contribution in [0.4, 0.5) is 0 Å². The molecule has 2 unspecified atom stereocenters. The highest BCUT2D eigenvalue weighted by Gasteiger charge is 2.36. The Morgan fingerprint density at radius 3 is 2.18 bits per heavy atom. The molecule has 3 heteroatoms. The Hall–Kier alpha value is -1.64. The zero-order valence-electron chi connectivity index (χ0n) is 13.4. The lowest BCUT2D eigenvalue weighted by atomic mass is 9.82. The van der Waals surface area contributed by atoms with Crippen LogP contribution in [0.5, 0.6) is 0 Å². The van der Waals surface area contributed by atoms with Crippen molar-refractivity contribution in [2.75, 3.05) is 13.1 Å². The zero-order chi connectivity index (χ0) is 15.5. The van der Waals surface area contributed by atoms with Gasteiger partial charge in [-0.15, -0.1) is 0 Å². The first-order valence-corrected chi connectivity index (χ1v) is 8.51. The number of Topliss-reactive ketones (excluding diaryl/α,β-unsaturated/α-hetero) is 1. The molecule has 22 heavy (non-hydrogen) atoms. The summed E-state index contributed by atoms with van der Waals surface area (Å²) in [4.78, 5) is 26.5. The van der Waals surface area contributed by atoms with E-state index in [0.717, 1.165) is 18.7 Å². The predicted molar refractivity (Wildman–Crippen MR) is 86.8 cm³/mol. The summed E-state index contributed by atoms with van der Waals surface area (Å²) < 4.78 is 0. The number of fused-ring (bicyclic) bond motifs is 1. The van der Waals surface area contributed by atoms with Crippen molar-refractivity contribution in [2.24, 2.45) is 11.8 Å². The maximum absolute atomic E-state index is 12.4. The van der Waals surface area contributed by atoms with E-state index in [2.05, 4.69) is 0 Å². The number of likely N-dealkylation sites (tertiary alicyclic amines) is 1. The van der Waals surface area contributed by atoms with Crippen molar-refractivity contribution in [3.8, 4) is 0 Å². The molecular weight excluding hydrogens is 274 g/mol. The van der Waals surface area contributed by atoms with Gasteiger partial charge in [-0.25, -0.2) is 0 Å². The first-order chi connectivity index (χ1) is 10.6. The van der Waals surface area contributed by atoms with Gasteiger partial charge < -0.3 is 4.90 Å². The Kier molecular flexibility index (Phi) is 4.60. The van der Waals surface area contributed by atoms with Crippen molar-refractivity contribution in [1.29, 1.82) is 0 Å². The maximum Gasteiger partial charge on any atom is 0.223 e.